The van der Waals surface area contributed by atoms with Crippen molar-refractivity contribution < 1.29 is 14.5 Å². The minimum absolute atomic E-state index is 0.271. The second-order valence-electron chi connectivity index (χ2n) is 1.92. The molecule has 0 amide bonds. The Labute approximate surface area is 77.2 Å². The Balaban J connectivity index is 3.04. The van der Waals surface area contributed by atoms with Gasteiger partial charge in [0.1, 0.15) is 6.20 Å². The summed E-state index contributed by atoms with van der Waals surface area (Å²) in [4.78, 5) is 23.2. The topological polar surface area (TPSA) is 82.3 Å². The third-order valence-corrected chi connectivity index (χ3v) is 1.19. The number of carbonyl (C=O) groups is 1. The lowest BCUT2D eigenvalue weighted by Crippen LogP contribution is -2.01. The Morgan fingerprint density at radius 3 is 2.92 bits per heavy atom. The number of halogens is 1. The van der Waals surface area contributed by atoms with E-state index in [4.69, 9.17) is 11.6 Å². The molecule has 7 heteroatoms. The van der Waals surface area contributed by atoms with Crippen LogP contribution in [0.2, 0.25) is 0 Å². The number of hydrogen-bond donors (Lipinski definition) is 0. The van der Waals surface area contributed by atoms with Crippen LogP contribution in [-0.2, 0) is 0 Å². The van der Waals surface area contributed by atoms with E-state index in [2.05, 4.69) is 9.72 Å². The Morgan fingerprint density at radius 2 is 2.38 bits per heavy atom. The highest BCUT2D eigenvalue weighted by Crippen LogP contribution is 2.23. The highest BCUT2D eigenvalue weighted by atomic mass is 35.5. The number of rotatable bonds is 2. The minimum Gasteiger partial charge on any atom is -0.405 e. The number of hydrogen-bond acceptors (Lipinski definition) is 5. The van der Waals surface area contributed by atoms with Gasteiger partial charge in [0, 0.05) is 11.6 Å². The fourth-order valence-electron chi connectivity index (χ4n) is 0.685. The van der Waals surface area contributed by atoms with E-state index in [0.717, 1.165) is 0 Å². The molecule has 0 aliphatic carbocycles. The molecule has 1 heterocycles. The summed E-state index contributed by atoms with van der Waals surface area (Å²) < 4.78 is 4.33. The quantitative estimate of drug-likeness (QED) is 0.414. The smallest absolute Gasteiger partial charge is 0.405 e. The third-order valence-electron chi connectivity index (χ3n) is 1.11. The molecule has 0 atom stereocenters. The van der Waals surface area contributed by atoms with Crippen molar-refractivity contribution in [2.24, 2.45) is 0 Å². The van der Waals surface area contributed by atoms with E-state index in [0.29, 0.717) is 0 Å². The molecule has 0 aliphatic rings. The maximum Gasteiger partial charge on any atom is 0.409 e. The summed E-state index contributed by atoms with van der Waals surface area (Å²) in [5.74, 6) is -0.816. The van der Waals surface area contributed by atoms with Gasteiger partial charge in [-0.1, -0.05) is 0 Å². The van der Waals surface area contributed by atoms with Crippen molar-refractivity contribution >= 4 is 22.8 Å². The van der Waals surface area contributed by atoms with Gasteiger partial charge in [-0.2, -0.15) is 0 Å². The molecule has 0 spiro atoms. The maximum absolute atomic E-state index is 10.3. The van der Waals surface area contributed by atoms with Crippen LogP contribution in [0.1, 0.15) is 0 Å². The molecule has 0 fully saturated rings. The Kier molecular flexibility index (Phi) is 2.76. The highest BCUT2D eigenvalue weighted by Gasteiger charge is 2.17. The number of nitrogens with zero attached hydrogens (tertiary/aromatic N) is 2. The van der Waals surface area contributed by atoms with E-state index in [1.54, 1.807) is 0 Å². The van der Waals surface area contributed by atoms with Gasteiger partial charge < -0.3 is 14.9 Å². The standard InChI is InChI=1S/C6H3ClN2O4/c7-6(10)13-4-2-1-3-8-5(4)9(11)12/h1-3H. The molecule has 0 unspecified atom stereocenters. The van der Waals surface area contributed by atoms with Gasteiger partial charge in [0.05, 0.1) is 0 Å². The van der Waals surface area contributed by atoms with Gasteiger partial charge in [0.2, 0.25) is 5.75 Å². The monoisotopic (exact) mass is 202 g/mol. The van der Waals surface area contributed by atoms with Crippen molar-refractivity contribution in [3.8, 4) is 5.75 Å². The first kappa shape index (κ1) is 9.40. The van der Waals surface area contributed by atoms with E-state index in [1.165, 1.54) is 18.3 Å². The lowest BCUT2D eigenvalue weighted by Gasteiger charge is -1.98. The molecular formula is C6H3ClN2O4. The molecule has 68 valence electrons. The van der Waals surface area contributed by atoms with Crippen LogP contribution in [-0.4, -0.2) is 15.3 Å². The lowest BCUT2D eigenvalue weighted by atomic mass is 10.4. The predicted molar refractivity (Wildman–Crippen MR) is 42.8 cm³/mol. The molecule has 0 radical (unpaired) electrons. The Hall–Kier alpha value is -1.69. The van der Waals surface area contributed by atoms with Crippen molar-refractivity contribution in [3.63, 3.8) is 0 Å². The van der Waals surface area contributed by atoms with Crippen LogP contribution in [0.5, 0.6) is 5.75 Å². The normalized spacial score (nSPS) is 9.31. The molecule has 0 N–H and O–H groups in total. The van der Waals surface area contributed by atoms with Gasteiger partial charge in [-0.3, -0.25) is 0 Å². The average molecular weight is 203 g/mol. The number of nitro groups is 1. The minimum atomic E-state index is -1.14. The molecule has 0 saturated carbocycles. The predicted octanol–water partition coefficient (Wildman–Crippen LogP) is 1.73. The number of pyridine rings is 1. The zero-order chi connectivity index (χ0) is 9.84. The van der Waals surface area contributed by atoms with Gasteiger partial charge in [-0.15, -0.1) is 0 Å². The van der Waals surface area contributed by atoms with Gasteiger partial charge in [-0.05, 0) is 22.0 Å². The van der Waals surface area contributed by atoms with E-state index < -0.39 is 16.2 Å². The molecule has 0 aromatic carbocycles. The lowest BCUT2D eigenvalue weighted by molar-refractivity contribution is -0.390. The van der Waals surface area contributed by atoms with Crippen molar-refractivity contribution in [2.45, 2.75) is 0 Å². The third kappa shape index (κ3) is 2.38. The zero-order valence-electron chi connectivity index (χ0n) is 6.14. The van der Waals surface area contributed by atoms with Gasteiger partial charge in [-0.25, -0.2) is 4.79 Å². The summed E-state index contributed by atoms with van der Waals surface area (Å²) in [6, 6.07) is 2.62. The van der Waals surface area contributed by atoms with Crippen LogP contribution >= 0.6 is 11.6 Å². The van der Waals surface area contributed by atoms with Crippen molar-refractivity contribution in [1.82, 2.24) is 4.98 Å². The first-order valence-electron chi connectivity index (χ1n) is 3.08. The largest absolute Gasteiger partial charge is 0.409 e. The van der Waals surface area contributed by atoms with E-state index in [-0.39, 0.29) is 5.75 Å². The van der Waals surface area contributed by atoms with Crippen LogP contribution in [0.15, 0.2) is 18.3 Å². The Bertz CT molecular complexity index is 354. The first-order valence-corrected chi connectivity index (χ1v) is 3.46. The second kappa shape index (κ2) is 3.81. The molecule has 6 nitrogen and oxygen atoms in total. The van der Waals surface area contributed by atoms with Crippen LogP contribution in [0.4, 0.5) is 10.6 Å². The van der Waals surface area contributed by atoms with E-state index >= 15 is 0 Å². The van der Waals surface area contributed by atoms with Crippen LogP contribution in [0.25, 0.3) is 0 Å². The summed E-state index contributed by atoms with van der Waals surface area (Å²) in [6.07, 6.45) is 1.21. The van der Waals surface area contributed by atoms with Gasteiger partial charge in [0.25, 0.3) is 0 Å². The molecule has 1 aromatic heterocycles. The van der Waals surface area contributed by atoms with Crippen LogP contribution < -0.4 is 4.74 Å². The molecule has 13 heavy (non-hydrogen) atoms. The summed E-state index contributed by atoms with van der Waals surface area (Å²) in [6.45, 7) is 0. The summed E-state index contributed by atoms with van der Waals surface area (Å²) in [5, 5.41) is 10.3. The Morgan fingerprint density at radius 1 is 1.69 bits per heavy atom. The van der Waals surface area contributed by atoms with Crippen molar-refractivity contribution in [1.29, 1.82) is 0 Å². The summed E-state index contributed by atoms with van der Waals surface area (Å²) in [7, 11) is 0. The fourth-order valence-corrected chi connectivity index (χ4v) is 0.769. The molecular weight excluding hydrogens is 200 g/mol. The van der Waals surface area contributed by atoms with E-state index in [9.17, 15) is 14.9 Å². The maximum atomic E-state index is 10.3. The molecule has 1 aromatic rings. The van der Waals surface area contributed by atoms with Crippen LogP contribution in [0.3, 0.4) is 0 Å². The zero-order valence-corrected chi connectivity index (χ0v) is 6.89. The SMILES string of the molecule is O=C(Cl)Oc1cccnc1[N+](=O)[O-]. The fraction of sp³-hybridized carbons (Fsp3) is 0. The number of carbonyl (C=O) groups excluding carboxylic acids is 1. The second-order valence-corrected chi connectivity index (χ2v) is 2.23. The van der Waals surface area contributed by atoms with Gasteiger partial charge in [0.15, 0.2) is 0 Å². The summed E-state index contributed by atoms with van der Waals surface area (Å²) in [5.41, 5.74) is -1.14. The molecule has 0 saturated heterocycles. The summed E-state index contributed by atoms with van der Waals surface area (Å²) >= 11 is 4.88. The number of ether oxygens (including phenoxy) is 1. The van der Waals surface area contributed by atoms with E-state index in [1.807, 2.05) is 0 Å². The molecule has 0 bridgehead atoms. The average Bonchev–Trinajstić information content (AvgIpc) is 2.03. The van der Waals surface area contributed by atoms with Crippen molar-refractivity contribution in [3.05, 3.63) is 28.4 Å². The van der Waals surface area contributed by atoms with Crippen molar-refractivity contribution in [2.75, 3.05) is 0 Å². The first-order chi connectivity index (χ1) is 6.11. The van der Waals surface area contributed by atoms with Crippen LogP contribution in [0, 0.1) is 10.1 Å². The molecule has 0 aliphatic heterocycles. The van der Waals surface area contributed by atoms with Gasteiger partial charge >= 0.3 is 11.2 Å². The number of aromatic nitrogens is 1. The molecule has 1 rings (SSSR count). The highest BCUT2D eigenvalue weighted by molar-refractivity contribution is 6.61.